The van der Waals surface area contributed by atoms with Crippen molar-refractivity contribution >= 4 is 5.65 Å². The summed E-state index contributed by atoms with van der Waals surface area (Å²) < 4.78 is 7.30. The van der Waals surface area contributed by atoms with Crippen LogP contribution in [0.2, 0.25) is 0 Å². The van der Waals surface area contributed by atoms with E-state index < -0.39 is 0 Å². The molecule has 1 aromatic carbocycles. The van der Waals surface area contributed by atoms with E-state index in [1.807, 2.05) is 31.2 Å². The highest BCUT2D eigenvalue weighted by molar-refractivity contribution is 5.72. The molecule has 142 valence electrons. The number of hydrogen-bond acceptors (Lipinski definition) is 6. The number of benzene rings is 1. The molecule has 0 spiro atoms. The van der Waals surface area contributed by atoms with Gasteiger partial charge in [0.25, 0.3) is 11.4 Å². The molecule has 1 fully saturated rings. The predicted molar refractivity (Wildman–Crippen MR) is 104 cm³/mol. The highest BCUT2D eigenvalue weighted by Crippen LogP contribution is 2.29. The lowest BCUT2D eigenvalue weighted by Crippen LogP contribution is -2.28. The Kier molecular flexibility index (Phi) is 4.05. The second-order valence-corrected chi connectivity index (χ2v) is 7.14. The number of rotatable bonds is 3. The van der Waals surface area contributed by atoms with Crippen LogP contribution in [0.1, 0.15) is 30.0 Å². The second-order valence-electron chi connectivity index (χ2n) is 7.14. The molecule has 0 bridgehead atoms. The zero-order valence-electron chi connectivity index (χ0n) is 15.5. The minimum atomic E-state index is -0.151. The van der Waals surface area contributed by atoms with E-state index in [4.69, 9.17) is 4.52 Å². The first-order chi connectivity index (χ1) is 13.7. The highest BCUT2D eigenvalue weighted by atomic mass is 16.5. The monoisotopic (exact) mass is 376 g/mol. The molecule has 8 heteroatoms. The summed E-state index contributed by atoms with van der Waals surface area (Å²) in [5, 5.41) is 12.0. The number of H-pyrrole nitrogens is 1. The predicted octanol–water partition coefficient (Wildman–Crippen LogP) is 2.52. The van der Waals surface area contributed by atoms with E-state index >= 15 is 0 Å². The van der Waals surface area contributed by atoms with Gasteiger partial charge in [-0.2, -0.15) is 10.1 Å². The Morgan fingerprint density at radius 2 is 2.00 bits per heavy atom. The molecule has 4 aromatic rings. The maximum atomic E-state index is 12.3. The first-order valence-electron chi connectivity index (χ1n) is 9.42. The van der Waals surface area contributed by atoms with E-state index in [2.05, 4.69) is 25.5 Å². The zero-order valence-corrected chi connectivity index (χ0v) is 15.5. The van der Waals surface area contributed by atoms with Crippen LogP contribution in [0.5, 0.6) is 0 Å². The molecule has 28 heavy (non-hydrogen) atoms. The highest BCUT2D eigenvalue weighted by Gasteiger charge is 2.22. The van der Waals surface area contributed by atoms with E-state index in [1.54, 1.807) is 16.8 Å². The van der Waals surface area contributed by atoms with Crippen LogP contribution in [0.15, 0.2) is 45.8 Å². The molecule has 1 saturated heterocycles. The molecule has 4 heterocycles. The van der Waals surface area contributed by atoms with Crippen LogP contribution in [0.25, 0.3) is 28.5 Å². The van der Waals surface area contributed by atoms with Gasteiger partial charge in [0.15, 0.2) is 0 Å². The molecule has 2 N–H and O–H groups in total. The Morgan fingerprint density at radius 1 is 1.18 bits per heavy atom. The molecule has 8 nitrogen and oxygen atoms in total. The Labute approximate surface area is 160 Å². The molecular formula is C20H20N6O2. The van der Waals surface area contributed by atoms with Crippen molar-refractivity contribution in [1.29, 1.82) is 0 Å². The van der Waals surface area contributed by atoms with Crippen molar-refractivity contribution in [3.8, 4) is 22.8 Å². The van der Waals surface area contributed by atoms with Crippen molar-refractivity contribution in [3.05, 3.63) is 58.1 Å². The lowest BCUT2D eigenvalue weighted by atomic mass is 9.94. The average Bonchev–Trinajstić information content (AvgIpc) is 3.35. The van der Waals surface area contributed by atoms with Gasteiger partial charge in [-0.25, -0.2) is 4.52 Å². The fraction of sp³-hybridized carbons (Fsp3) is 0.300. The molecule has 0 amide bonds. The number of aromatic nitrogens is 5. The summed E-state index contributed by atoms with van der Waals surface area (Å²) >= 11 is 0. The number of aryl methyl sites for hydroxylation is 1. The van der Waals surface area contributed by atoms with Gasteiger partial charge in [0, 0.05) is 17.5 Å². The molecule has 0 aliphatic carbocycles. The molecule has 3 aromatic heterocycles. The van der Waals surface area contributed by atoms with Crippen molar-refractivity contribution in [2.24, 2.45) is 0 Å². The van der Waals surface area contributed by atoms with E-state index in [9.17, 15) is 4.79 Å². The molecule has 1 aliphatic rings. The van der Waals surface area contributed by atoms with Crippen LogP contribution < -0.4 is 10.9 Å². The summed E-state index contributed by atoms with van der Waals surface area (Å²) in [4.78, 5) is 19.7. The quantitative estimate of drug-likeness (QED) is 0.570. The summed E-state index contributed by atoms with van der Waals surface area (Å²) in [6.45, 7) is 3.89. The number of hydrogen-bond donors (Lipinski definition) is 2. The van der Waals surface area contributed by atoms with Crippen LogP contribution in [0.3, 0.4) is 0 Å². The smallest absolute Gasteiger partial charge is 0.263 e. The molecule has 5 rings (SSSR count). The first-order valence-corrected chi connectivity index (χ1v) is 9.42. The largest absolute Gasteiger partial charge is 0.333 e. The molecule has 0 unspecified atom stereocenters. The number of fused-ring (bicyclic) bond motifs is 1. The third-order valence-electron chi connectivity index (χ3n) is 5.33. The van der Waals surface area contributed by atoms with Gasteiger partial charge >= 0.3 is 0 Å². The Morgan fingerprint density at radius 3 is 2.82 bits per heavy atom. The van der Waals surface area contributed by atoms with E-state index in [0.29, 0.717) is 28.8 Å². The third-order valence-corrected chi connectivity index (χ3v) is 5.33. The maximum Gasteiger partial charge on any atom is 0.263 e. The van der Waals surface area contributed by atoms with Crippen LogP contribution >= 0.6 is 0 Å². The Bertz CT molecular complexity index is 1200. The SMILES string of the molecule is Cc1ccccc1-c1noc(-c2cnn3c(C4CCNCC4)cc(=O)[nH]c23)n1. The maximum absolute atomic E-state index is 12.3. The molecule has 0 radical (unpaired) electrons. The van der Waals surface area contributed by atoms with Crippen LogP contribution in [0.4, 0.5) is 0 Å². The second kappa shape index (κ2) is 6.72. The molecule has 0 atom stereocenters. The summed E-state index contributed by atoms with van der Waals surface area (Å²) in [6.07, 6.45) is 3.63. The topological polar surface area (TPSA) is 101 Å². The van der Waals surface area contributed by atoms with Gasteiger partial charge in [-0.05, 0) is 38.4 Å². The number of nitrogens with zero attached hydrogens (tertiary/aromatic N) is 4. The van der Waals surface area contributed by atoms with Crippen molar-refractivity contribution in [1.82, 2.24) is 30.1 Å². The van der Waals surface area contributed by atoms with E-state index in [0.717, 1.165) is 42.8 Å². The van der Waals surface area contributed by atoms with Crippen molar-refractivity contribution < 1.29 is 4.52 Å². The van der Waals surface area contributed by atoms with Gasteiger partial charge in [-0.15, -0.1) is 0 Å². The molecule has 1 aliphatic heterocycles. The van der Waals surface area contributed by atoms with Gasteiger partial charge in [-0.1, -0.05) is 29.4 Å². The van der Waals surface area contributed by atoms with Gasteiger partial charge in [0.1, 0.15) is 11.2 Å². The van der Waals surface area contributed by atoms with Crippen LogP contribution in [0, 0.1) is 6.92 Å². The third kappa shape index (κ3) is 2.82. The summed E-state index contributed by atoms with van der Waals surface area (Å²) in [5.74, 6) is 1.15. The van der Waals surface area contributed by atoms with Gasteiger partial charge < -0.3 is 14.8 Å². The minimum Gasteiger partial charge on any atom is -0.333 e. The molecule has 0 saturated carbocycles. The lowest BCUT2D eigenvalue weighted by Gasteiger charge is -2.23. The minimum absolute atomic E-state index is 0.151. The summed E-state index contributed by atoms with van der Waals surface area (Å²) in [7, 11) is 0. The molecular weight excluding hydrogens is 356 g/mol. The van der Waals surface area contributed by atoms with E-state index in [-0.39, 0.29) is 5.56 Å². The lowest BCUT2D eigenvalue weighted by molar-refractivity contribution is 0.432. The van der Waals surface area contributed by atoms with Gasteiger partial charge in [0.05, 0.1) is 11.9 Å². The zero-order chi connectivity index (χ0) is 19.1. The average molecular weight is 376 g/mol. The Balaban J connectivity index is 1.60. The normalized spacial score (nSPS) is 15.3. The van der Waals surface area contributed by atoms with Gasteiger partial charge in [-0.3, -0.25) is 4.79 Å². The summed E-state index contributed by atoms with van der Waals surface area (Å²) in [5.41, 5.74) is 3.96. The fourth-order valence-corrected chi connectivity index (χ4v) is 3.84. The van der Waals surface area contributed by atoms with Crippen molar-refractivity contribution in [3.63, 3.8) is 0 Å². The van der Waals surface area contributed by atoms with Crippen LogP contribution in [-0.2, 0) is 0 Å². The van der Waals surface area contributed by atoms with Gasteiger partial charge in [0.2, 0.25) is 5.82 Å². The van der Waals surface area contributed by atoms with Crippen LogP contribution in [-0.4, -0.2) is 37.8 Å². The number of nitrogens with one attached hydrogen (secondary N) is 2. The first kappa shape index (κ1) is 16.9. The van der Waals surface area contributed by atoms with Crippen molar-refractivity contribution in [2.75, 3.05) is 13.1 Å². The number of piperidine rings is 1. The Hall–Kier alpha value is -3.26. The number of aromatic amines is 1. The fourth-order valence-electron chi connectivity index (χ4n) is 3.84. The van der Waals surface area contributed by atoms with E-state index in [1.165, 1.54) is 0 Å². The van der Waals surface area contributed by atoms with Crippen molar-refractivity contribution in [2.45, 2.75) is 25.7 Å². The summed E-state index contributed by atoms with van der Waals surface area (Å²) in [6, 6.07) is 9.52. The standard InChI is InChI=1S/C20H20N6O2/c1-12-4-2-3-5-14(12)18-24-20(28-25-18)15-11-22-26-16(10-17(27)23-19(15)26)13-6-8-21-9-7-13/h2-5,10-11,13,21H,6-9H2,1H3,(H,23,27).